The maximum absolute atomic E-state index is 12.8. The molecule has 2 bridgehead atoms. The minimum Gasteiger partial charge on any atom is -0.454 e. The van der Waals surface area contributed by atoms with Crippen LogP contribution in [0.25, 0.3) is 0 Å². The molecule has 5 nitrogen and oxygen atoms in total. The number of fused-ring (bicyclic) bond motifs is 3. The highest BCUT2D eigenvalue weighted by atomic mass is 16.7. The molecule has 5 heteroatoms. The Bertz CT molecular complexity index is 686. The van der Waals surface area contributed by atoms with Crippen LogP contribution in [0.5, 0.6) is 11.5 Å². The Hall–Kier alpha value is -2.01. The van der Waals surface area contributed by atoms with Crippen molar-refractivity contribution in [3.05, 3.63) is 35.9 Å². The average Bonchev–Trinajstić information content (AvgIpc) is 3.29. The molecule has 1 fully saturated rings. The van der Waals surface area contributed by atoms with Gasteiger partial charge in [0.2, 0.25) is 6.79 Å². The van der Waals surface area contributed by atoms with E-state index in [4.69, 9.17) is 9.47 Å². The van der Waals surface area contributed by atoms with E-state index in [1.54, 1.807) is 0 Å². The van der Waals surface area contributed by atoms with E-state index in [0.29, 0.717) is 24.9 Å². The van der Waals surface area contributed by atoms with Crippen molar-refractivity contribution < 1.29 is 19.2 Å². The standard InChI is InChI=1S/C20H26N2O3/c1-21(2)12-20(23)22(11-17-8-14-3-5-16(17)7-14)10-15-4-6-18-19(9-15)25-13-24-18/h3-6,9,14,16-17H,7-8,10-13H2,1-2H3/p+1/t14-,16+,17+/m1/s1. The highest BCUT2D eigenvalue weighted by Gasteiger charge is 2.37. The largest absolute Gasteiger partial charge is 0.454 e. The quantitative estimate of drug-likeness (QED) is 0.787. The molecule has 0 radical (unpaired) electrons. The van der Waals surface area contributed by atoms with E-state index in [1.165, 1.54) is 12.8 Å². The number of hydrogen-bond donors (Lipinski definition) is 1. The summed E-state index contributed by atoms with van der Waals surface area (Å²) in [7, 11) is 4.05. The summed E-state index contributed by atoms with van der Waals surface area (Å²) in [5, 5.41) is 0. The molecule has 1 aliphatic heterocycles. The summed E-state index contributed by atoms with van der Waals surface area (Å²) in [5.41, 5.74) is 1.10. The maximum atomic E-state index is 12.8. The normalized spacial score (nSPS) is 25.8. The number of ether oxygens (including phenoxy) is 2. The number of allylic oxidation sites excluding steroid dienone is 2. The summed E-state index contributed by atoms with van der Waals surface area (Å²) in [5.74, 6) is 3.79. The Balaban J connectivity index is 1.48. The summed E-state index contributed by atoms with van der Waals surface area (Å²) in [4.78, 5) is 16.0. The predicted octanol–water partition coefficient (Wildman–Crippen LogP) is 1.10. The van der Waals surface area contributed by atoms with Crippen LogP contribution in [0.15, 0.2) is 30.4 Å². The Labute approximate surface area is 149 Å². The molecule has 25 heavy (non-hydrogen) atoms. The minimum atomic E-state index is 0.226. The molecule has 3 aliphatic rings. The Morgan fingerprint density at radius 2 is 2.04 bits per heavy atom. The van der Waals surface area contributed by atoms with Crippen LogP contribution in [0.3, 0.4) is 0 Å². The second kappa shape index (κ2) is 6.71. The van der Waals surface area contributed by atoms with Crippen LogP contribution in [0, 0.1) is 17.8 Å². The van der Waals surface area contributed by atoms with Gasteiger partial charge in [0.05, 0.1) is 14.1 Å². The van der Waals surface area contributed by atoms with Gasteiger partial charge in [-0.05, 0) is 48.3 Å². The Morgan fingerprint density at radius 3 is 2.76 bits per heavy atom. The third-order valence-corrected chi connectivity index (χ3v) is 5.54. The molecule has 3 atom stereocenters. The number of carbonyl (C=O) groups excluding carboxylic acids is 1. The number of amides is 1. The van der Waals surface area contributed by atoms with Crippen LogP contribution in [-0.2, 0) is 11.3 Å². The van der Waals surface area contributed by atoms with E-state index in [0.717, 1.165) is 34.4 Å². The molecule has 4 rings (SSSR count). The van der Waals surface area contributed by atoms with E-state index in [1.807, 2.05) is 37.2 Å². The molecule has 1 aromatic rings. The summed E-state index contributed by atoms with van der Waals surface area (Å²) < 4.78 is 10.9. The summed E-state index contributed by atoms with van der Waals surface area (Å²) in [6, 6.07) is 5.99. The maximum Gasteiger partial charge on any atom is 0.278 e. The lowest BCUT2D eigenvalue weighted by molar-refractivity contribution is -0.849. The van der Waals surface area contributed by atoms with Gasteiger partial charge >= 0.3 is 0 Å². The van der Waals surface area contributed by atoms with Gasteiger partial charge in [-0.2, -0.15) is 0 Å². The number of likely N-dealkylation sites (N-methyl/N-ethyl adjacent to an activating group) is 1. The molecule has 1 saturated carbocycles. The van der Waals surface area contributed by atoms with Crippen molar-refractivity contribution in [2.75, 3.05) is 34.0 Å². The monoisotopic (exact) mass is 343 g/mol. The fourth-order valence-corrected chi connectivity index (χ4v) is 4.32. The van der Waals surface area contributed by atoms with Gasteiger partial charge in [0.1, 0.15) is 0 Å². The molecule has 0 aromatic heterocycles. The van der Waals surface area contributed by atoms with Crippen molar-refractivity contribution in [3.8, 4) is 11.5 Å². The van der Waals surface area contributed by atoms with Crippen molar-refractivity contribution in [1.82, 2.24) is 4.90 Å². The van der Waals surface area contributed by atoms with Gasteiger partial charge in [-0.25, -0.2) is 0 Å². The lowest BCUT2D eigenvalue weighted by Gasteiger charge is -2.29. The third-order valence-electron chi connectivity index (χ3n) is 5.54. The topological polar surface area (TPSA) is 43.2 Å². The van der Waals surface area contributed by atoms with Crippen LogP contribution >= 0.6 is 0 Å². The zero-order valence-electron chi connectivity index (χ0n) is 15.0. The van der Waals surface area contributed by atoms with Crippen LogP contribution in [0.1, 0.15) is 18.4 Å². The molecule has 0 saturated heterocycles. The molecular formula is C20H27N2O3+. The minimum absolute atomic E-state index is 0.226. The summed E-state index contributed by atoms with van der Waals surface area (Å²) in [6.07, 6.45) is 7.21. The summed E-state index contributed by atoms with van der Waals surface area (Å²) >= 11 is 0. The molecule has 1 aromatic carbocycles. The first-order valence-corrected chi connectivity index (χ1v) is 9.22. The van der Waals surface area contributed by atoms with Crippen molar-refractivity contribution in [3.63, 3.8) is 0 Å². The van der Waals surface area contributed by atoms with Gasteiger partial charge in [-0.1, -0.05) is 18.2 Å². The van der Waals surface area contributed by atoms with Gasteiger partial charge < -0.3 is 19.3 Å². The van der Waals surface area contributed by atoms with Crippen molar-refractivity contribution in [1.29, 1.82) is 0 Å². The van der Waals surface area contributed by atoms with Crippen molar-refractivity contribution in [2.24, 2.45) is 17.8 Å². The first kappa shape index (κ1) is 16.5. The van der Waals surface area contributed by atoms with Gasteiger partial charge in [0.25, 0.3) is 5.91 Å². The highest BCUT2D eigenvalue weighted by molar-refractivity contribution is 5.77. The fourth-order valence-electron chi connectivity index (χ4n) is 4.32. The number of hydrogen-bond acceptors (Lipinski definition) is 3. The molecule has 0 spiro atoms. The number of nitrogens with zero attached hydrogens (tertiary/aromatic N) is 1. The molecule has 1 heterocycles. The molecule has 1 amide bonds. The number of quaternary nitrogens is 1. The number of nitrogens with one attached hydrogen (secondary N) is 1. The van der Waals surface area contributed by atoms with Crippen LogP contribution < -0.4 is 14.4 Å². The second-order valence-corrected chi connectivity index (χ2v) is 7.89. The highest BCUT2D eigenvalue weighted by Crippen LogP contribution is 2.43. The zero-order valence-corrected chi connectivity index (χ0v) is 15.0. The molecule has 2 aliphatic carbocycles. The van der Waals surface area contributed by atoms with E-state index < -0.39 is 0 Å². The van der Waals surface area contributed by atoms with Crippen LogP contribution in [0.2, 0.25) is 0 Å². The van der Waals surface area contributed by atoms with Crippen molar-refractivity contribution >= 4 is 5.91 Å². The van der Waals surface area contributed by atoms with E-state index in [2.05, 4.69) is 12.2 Å². The third kappa shape index (κ3) is 3.52. The van der Waals surface area contributed by atoms with Crippen LogP contribution in [-0.4, -0.2) is 44.8 Å². The summed E-state index contributed by atoms with van der Waals surface area (Å²) in [6.45, 7) is 2.30. The van der Waals surface area contributed by atoms with Gasteiger partial charge in [0.15, 0.2) is 18.0 Å². The molecule has 134 valence electrons. The number of carbonyl (C=O) groups is 1. The zero-order chi connectivity index (χ0) is 17.4. The SMILES string of the molecule is C[NH+](C)CC(=O)N(Cc1ccc2c(c1)OCO2)C[C@@H]1C[C@@H]2C=C[C@H]1C2. The Kier molecular flexibility index (Phi) is 4.42. The first-order valence-electron chi connectivity index (χ1n) is 9.22. The predicted molar refractivity (Wildman–Crippen MR) is 94.5 cm³/mol. The fraction of sp³-hybridized carbons (Fsp3) is 0.550. The number of rotatable bonds is 6. The smallest absolute Gasteiger partial charge is 0.278 e. The van der Waals surface area contributed by atoms with E-state index in [-0.39, 0.29) is 12.7 Å². The number of benzene rings is 1. The van der Waals surface area contributed by atoms with E-state index in [9.17, 15) is 4.79 Å². The first-order chi connectivity index (χ1) is 12.1. The van der Waals surface area contributed by atoms with Crippen molar-refractivity contribution in [2.45, 2.75) is 19.4 Å². The molecule has 1 N–H and O–H groups in total. The lowest BCUT2D eigenvalue weighted by Crippen LogP contribution is -3.07. The van der Waals surface area contributed by atoms with Crippen LogP contribution in [0.4, 0.5) is 0 Å². The Morgan fingerprint density at radius 1 is 1.20 bits per heavy atom. The van der Waals surface area contributed by atoms with Gasteiger partial charge in [-0.15, -0.1) is 0 Å². The molecular weight excluding hydrogens is 316 g/mol. The van der Waals surface area contributed by atoms with E-state index >= 15 is 0 Å². The van der Waals surface area contributed by atoms with Gasteiger partial charge in [0, 0.05) is 13.1 Å². The second-order valence-electron chi connectivity index (χ2n) is 7.89. The lowest BCUT2D eigenvalue weighted by atomic mass is 9.93. The molecule has 0 unspecified atom stereocenters. The average molecular weight is 343 g/mol. The van der Waals surface area contributed by atoms with Gasteiger partial charge in [-0.3, -0.25) is 4.79 Å².